The molecule has 0 aliphatic carbocycles. The molecule has 0 aromatic carbocycles. The van der Waals surface area contributed by atoms with Crippen LogP contribution in [0.1, 0.15) is 114 Å². The zero-order valence-corrected chi connectivity index (χ0v) is 23.5. The van der Waals surface area contributed by atoms with Gasteiger partial charge in [-0.3, -0.25) is 19.2 Å². The second kappa shape index (κ2) is 14.7. The van der Waals surface area contributed by atoms with Crippen molar-refractivity contribution in [2.45, 2.75) is 106 Å². The lowest BCUT2D eigenvalue weighted by Gasteiger charge is -2.21. The number of ether oxygens (including phenoxy) is 1. The number of nitrogens with zero attached hydrogens (tertiary/aromatic N) is 2. The van der Waals surface area contributed by atoms with E-state index in [1.165, 1.54) is 26.0 Å². The Labute approximate surface area is 220 Å². The monoisotopic (exact) mass is 512 g/mol. The predicted molar refractivity (Wildman–Crippen MR) is 148 cm³/mol. The van der Waals surface area contributed by atoms with E-state index in [1.807, 2.05) is 0 Å². The van der Waals surface area contributed by atoms with Gasteiger partial charge in [0.1, 0.15) is 0 Å². The summed E-state index contributed by atoms with van der Waals surface area (Å²) in [6.45, 7) is 12.6. The molecule has 0 bridgehead atoms. The van der Waals surface area contributed by atoms with E-state index in [2.05, 4.69) is 27.7 Å². The third kappa shape index (κ3) is 8.54. The van der Waals surface area contributed by atoms with Crippen LogP contribution in [0.5, 0.6) is 11.5 Å². The summed E-state index contributed by atoms with van der Waals surface area (Å²) in [6.07, 6.45) is 11.4. The van der Waals surface area contributed by atoms with E-state index in [0.717, 1.165) is 51.4 Å². The van der Waals surface area contributed by atoms with Crippen molar-refractivity contribution in [3.63, 3.8) is 0 Å². The Bertz CT molecular complexity index is 1090. The minimum atomic E-state index is -0.459. The van der Waals surface area contributed by atoms with Crippen molar-refractivity contribution in [1.82, 2.24) is 9.13 Å². The Morgan fingerprint density at radius 2 is 1.11 bits per heavy atom. The molecule has 2 unspecified atom stereocenters. The number of rotatable bonds is 16. The topological polar surface area (TPSA) is 87.4 Å². The molecule has 2 heterocycles. The summed E-state index contributed by atoms with van der Waals surface area (Å²) in [6, 6.07) is 2.59. The molecule has 7 heteroatoms. The molecule has 2 atom stereocenters. The maximum atomic E-state index is 12.9. The Morgan fingerprint density at radius 1 is 0.730 bits per heavy atom. The third-order valence-corrected chi connectivity index (χ3v) is 7.12. The fourth-order valence-corrected chi connectivity index (χ4v) is 4.68. The smallest absolute Gasteiger partial charge is 0.224 e. The fraction of sp³-hybridized carbons (Fsp3) is 0.600. The molecule has 0 radical (unpaired) electrons. The van der Waals surface area contributed by atoms with Gasteiger partial charge in [0.05, 0.1) is 23.8 Å². The van der Waals surface area contributed by atoms with E-state index in [-0.39, 0.29) is 23.1 Å². The van der Waals surface area contributed by atoms with Crippen molar-refractivity contribution in [3.05, 3.63) is 56.4 Å². The van der Waals surface area contributed by atoms with Gasteiger partial charge in [-0.15, -0.1) is 0 Å². The fourth-order valence-electron chi connectivity index (χ4n) is 4.68. The highest BCUT2D eigenvalue weighted by molar-refractivity contribution is 5.93. The lowest BCUT2D eigenvalue weighted by Crippen LogP contribution is -2.22. The number of carbonyl (C=O) groups is 2. The minimum Gasteiger partial charge on any atom is -0.446 e. The molecule has 37 heavy (non-hydrogen) atoms. The Balaban J connectivity index is 2.49. The summed E-state index contributed by atoms with van der Waals surface area (Å²) in [4.78, 5) is 50.4. The minimum absolute atomic E-state index is 0.00686. The van der Waals surface area contributed by atoms with E-state index in [1.54, 1.807) is 21.5 Å². The highest BCUT2D eigenvalue weighted by Crippen LogP contribution is 2.22. The second-order valence-electron chi connectivity index (χ2n) is 10.1. The first-order valence-corrected chi connectivity index (χ1v) is 13.8. The molecule has 2 rings (SSSR count). The summed E-state index contributed by atoms with van der Waals surface area (Å²) >= 11 is 0. The molecule has 204 valence electrons. The number of Topliss-reactive ketones (excluding diaryl/α,β-unsaturated/α-hetero) is 2. The van der Waals surface area contributed by atoms with Crippen LogP contribution in [0, 0.1) is 11.8 Å². The molecular formula is C30H44N2O5. The first-order chi connectivity index (χ1) is 17.6. The number of hydrogen-bond donors (Lipinski definition) is 0. The Hall–Kier alpha value is -2.96. The molecule has 0 aliphatic rings. The summed E-state index contributed by atoms with van der Waals surface area (Å²) in [5.74, 6) is 0.309. The van der Waals surface area contributed by atoms with Crippen molar-refractivity contribution >= 4 is 11.6 Å². The SMILES string of the molecule is CCCCC(CC)Cn1cc(Oc2cn(CC(CC)CCCC)c(C(C)=O)cc2=O)c(=O)cc1C(C)=O. The molecule has 0 N–H and O–H groups in total. The Kier molecular flexibility index (Phi) is 12.0. The van der Waals surface area contributed by atoms with E-state index in [0.29, 0.717) is 36.3 Å². The van der Waals surface area contributed by atoms with Gasteiger partial charge in [0.15, 0.2) is 23.1 Å². The second-order valence-corrected chi connectivity index (χ2v) is 10.1. The van der Waals surface area contributed by atoms with Gasteiger partial charge in [-0.25, -0.2) is 0 Å². The molecule has 7 nitrogen and oxygen atoms in total. The zero-order chi connectivity index (χ0) is 27.5. The quantitative estimate of drug-likeness (QED) is 0.235. The van der Waals surface area contributed by atoms with Gasteiger partial charge >= 0.3 is 0 Å². The molecule has 0 spiro atoms. The lowest BCUT2D eigenvalue weighted by atomic mass is 9.99. The van der Waals surface area contributed by atoms with Crippen LogP contribution < -0.4 is 15.6 Å². The molecule has 2 aromatic heterocycles. The molecule has 0 fully saturated rings. The third-order valence-electron chi connectivity index (χ3n) is 7.12. The van der Waals surface area contributed by atoms with Crippen molar-refractivity contribution in [2.24, 2.45) is 11.8 Å². The largest absolute Gasteiger partial charge is 0.446 e. The van der Waals surface area contributed by atoms with E-state index in [9.17, 15) is 19.2 Å². The van der Waals surface area contributed by atoms with Gasteiger partial charge in [-0.05, 0) is 24.7 Å². The summed E-state index contributed by atoms with van der Waals surface area (Å²) in [5, 5.41) is 0. The summed E-state index contributed by atoms with van der Waals surface area (Å²) in [5.41, 5.74) is -0.255. The molecular weight excluding hydrogens is 468 g/mol. The van der Waals surface area contributed by atoms with Gasteiger partial charge in [-0.1, -0.05) is 66.2 Å². The van der Waals surface area contributed by atoms with E-state index < -0.39 is 10.9 Å². The van der Waals surface area contributed by atoms with Crippen molar-refractivity contribution < 1.29 is 14.3 Å². The van der Waals surface area contributed by atoms with Gasteiger partial charge < -0.3 is 13.9 Å². The van der Waals surface area contributed by atoms with Crippen molar-refractivity contribution in [2.75, 3.05) is 0 Å². The van der Waals surface area contributed by atoms with Crippen LogP contribution in [-0.4, -0.2) is 20.7 Å². The average molecular weight is 513 g/mol. The standard InChI is InChI=1S/C30H44N2O5/c1-7-11-13-23(9-3)17-31-19-29(27(35)15-25(31)21(5)33)37-30-20-32(18-24(10-4)14-12-8-2)26(22(6)34)16-28(30)36/h15-16,19-20,23-24H,7-14,17-18H2,1-6H3. The van der Waals surface area contributed by atoms with Crippen molar-refractivity contribution in [3.8, 4) is 11.5 Å². The van der Waals surface area contributed by atoms with Gasteiger partial charge in [0.2, 0.25) is 10.9 Å². The summed E-state index contributed by atoms with van der Waals surface area (Å²) < 4.78 is 9.46. The maximum Gasteiger partial charge on any atom is 0.224 e. The predicted octanol–water partition coefficient (Wildman–Crippen LogP) is 6.64. The Morgan fingerprint density at radius 3 is 1.41 bits per heavy atom. The van der Waals surface area contributed by atoms with Gasteiger partial charge in [0, 0.05) is 39.1 Å². The number of aromatic nitrogens is 2. The molecule has 0 saturated heterocycles. The molecule has 0 saturated carbocycles. The number of carbonyl (C=O) groups excluding carboxylic acids is 2. The molecule has 2 aromatic rings. The highest BCUT2D eigenvalue weighted by Gasteiger charge is 2.19. The van der Waals surface area contributed by atoms with Crippen LogP contribution in [0.2, 0.25) is 0 Å². The van der Waals surface area contributed by atoms with Crippen LogP contribution in [-0.2, 0) is 13.1 Å². The molecule has 0 amide bonds. The van der Waals surface area contributed by atoms with E-state index in [4.69, 9.17) is 4.74 Å². The number of pyridine rings is 2. The van der Waals surface area contributed by atoms with Crippen LogP contribution in [0.15, 0.2) is 34.1 Å². The van der Waals surface area contributed by atoms with E-state index >= 15 is 0 Å². The number of ketones is 2. The van der Waals surface area contributed by atoms with Crippen molar-refractivity contribution in [1.29, 1.82) is 0 Å². The first-order valence-electron chi connectivity index (χ1n) is 13.8. The summed E-state index contributed by atoms with van der Waals surface area (Å²) in [7, 11) is 0. The molecule has 0 aliphatic heterocycles. The van der Waals surface area contributed by atoms with Crippen LogP contribution in [0.4, 0.5) is 0 Å². The van der Waals surface area contributed by atoms with Crippen LogP contribution in [0.25, 0.3) is 0 Å². The highest BCUT2D eigenvalue weighted by atomic mass is 16.5. The van der Waals surface area contributed by atoms with Crippen LogP contribution >= 0.6 is 0 Å². The number of hydrogen-bond acceptors (Lipinski definition) is 5. The normalized spacial score (nSPS) is 12.8. The zero-order valence-electron chi connectivity index (χ0n) is 23.5. The number of unbranched alkanes of at least 4 members (excludes halogenated alkanes) is 2. The maximum absolute atomic E-state index is 12.9. The van der Waals surface area contributed by atoms with Gasteiger partial charge in [0.25, 0.3) is 0 Å². The first kappa shape index (κ1) is 30.3. The average Bonchev–Trinajstić information content (AvgIpc) is 2.86. The van der Waals surface area contributed by atoms with Crippen LogP contribution in [0.3, 0.4) is 0 Å². The van der Waals surface area contributed by atoms with Gasteiger partial charge in [-0.2, -0.15) is 0 Å². The lowest BCUT2D eigenvalue weighted by molar-refractivity contribution is 0.0994.